The van der Waals surface area contributed by atoms with Crippen LogP contribution in [-0.4, -0.2) is 39.3 Å². The number of carbonyl (C=O) groups excluding carboxylic acids is 1. The minimum atomic E-state index is -0.340. The second-order valence-electron chi connectivity index (χ2n) is 7.62. The molecular weight excluding hydrogens is 373 g/mol. The van der Waals surface area contributed by atoms with Crippen LogP contribution in [0.25, 0.3) is 11.4 Å². The summed E-state index contributed by atoms with van der Waals surface area (Å²) in [6.45, 7) is 7.13. The number of nitrogens with one attached hydrogen (secondary N) is 1. The van der Waals surface area contributed by atoms with Crippen LogP contribution in [0.15, 0.2) is 48.5 Å². The van der Waals surface area contributed by atoms with Gasteiger partial charge in [0, 0.05) is 5.56 Å². The van der Waals surface area contributed by atoms with Crippen LogP contribution < -0.4 is 10.1 Å². The van der Waals surface area contributed by atoms with E-state index in [4.69, 9.17) is 4.74 Å². The first-order valence-electron chi connectivity index (χ1n) is 9.35. The Morgan fingerprint density at radius 3 is 2.45 bits per heavy atom. The van der Waals surface area contributed by atoms with Gasteiger partial charge in [0.15, 0.2) is 0 Å². The van der Waals surface area contributed by atoms with Crippen molar-refractivity contribution >= 4 is 5.91 Å². The van der Waals surface area contributed by atoms with Gasteiger partial charge in [-0.1, -0.05) is 32.9 Å². The molecule has 0 atom stereocenters. The number of nitrogens with zero attached hydrogens (tertiary/aromatic N) is 4. The summed E-state index contributed by atoms with van der Waals surface area (Å²) >= 11 is 0. The molecule has 0 spiro atoms. The Labute approximate surface area is 168 Å². The first-order chi connectivity index (χ1) is 13.8. The second-order valence-corrected chi connectivity index (χ2v) is 7.62. The van der Waals surface area contributed by atoms with E-state index in [2.05, 4.69) is 41.5 Å². The molecule has 0 saturated heterocycles. The van der Waals surface area contributed by atoms with Gasteiger partial charge in [0.1, 0.15) is 24.7 Å². The molecule has 1 amide bonds. The van der Waals surface area contributed by atoms with E-state index in [9.17, 15) is 9.18 Å². The van der Waals surface area contributed by atoms with Crippen molar-refractivity contribution in [3.05, 3.63) is 59.9 Å². The highest BCUT2D eigenvalue weighted by molar-refractivity contribution is 5.75. The van der Waals surface area contributed by atoms with Crippen molar-refractivity contribution in [2.75, 3.05) is 13.2 Å². The van der Waals surface area contributed by atoms with E-state index in [1.54, 1.807) is 12.1 Å². The molecule has 8 heteroatoms. The number of carbonyl (C=O) groups is 1. The number of ether oxygens (including phenoxy) is 1. The first kappa shape index (κ1) is 20.4. The summed E-state index contributed by atoms with van der Waals surface area (Å²) in [7, 11) is 0. The number of benzene rings is 2. The Bertz CT molecular complexity index is 946. The average molecular weight is 397 g/mol. The normalized spacial score (nSPS) is 11.3. The Kier molecular flexibility index (Phi) is 6.21. The van der Waals surface area contributed by atoms with Crippen LogP contribution in [0.3, 0.4) is 0 Å². The zero-order chi connectivity index (χ0) is 20.9. The number of hydrogen-bond donors (Lipinski definition) is 1. The van der Waals surface area contributed by atoms with Crippen LogP contribution in [0.1, 0.15) is 26.3 Å². The maximum absolute atomic E-state index is 13.0. The quantitative estimate of drug-likeness (QED) is 0.620. The Hall–Kier alpha value is -3.29. The summed E-state index contributed by atoms with van der Waals surface area (Å²) in [5.74, 6) is 0.501. The van der Waals surface area contributed by atoms with E-state index in [1.165, 1.54) is 22.5 Å². The third-order valence-electron chi connectivity index (χ3n) is 4.25. The SMILES string of the molecule is CC(C)(C)c1ccc(OCCNC(=O)Cn2nnc(-c3ccc(F)cc3)n2)cc1. The molecule has 2 aromatic carbocycles. The van der Waals surface area contributed by atoms with Crippen LogP contribution in [0, 0.1) is 5.82 Å². The zero-order valence-corrected chi connectivity index (χ0v) is 16.7. The molecule has 1 aromatic heterocycles. The molecule has 7 nitrogen and oxygen atoms in total. The lowest BCUT2D eigenvalue weighted by atomic mass is 9.87. The molecule has 0 aliphatic carbocycles. The van der Waals surface area contributed by atoms with E-state index in [0.717, 1.165) is 5.75 Å². The van der Waals surface area contributed by atoms with Gasteiger partial charge in [-0.05, 0) is 52.6 Å². The van der Waals surface area contributed by atoms with Gasteiger partial charge >= 0.3 is 0 Å². The largest absolute Gasteiger partial charge is 0.492 e. The molecule has 0 aliphatic heterocycles. The van der Waals surface area contributed by atoms with Gasteiger partial charge in [0.05, 0.1) is 6.54 Å². The highest BCUT2D eigenvalue weighted by atomic mass is 19.1. The van der Waals surface area contributed by atoms with Gasteiger partial charge in [-0.3, -0.25) is 4.79 Å². The highest BCUT2D eigenvalue weighted by Gasteiger charge is 2.13. The van der Waals surface area contributed by atoms with Gasteiger partial charge in [-0.2, -0.15) is 4.80 Å². The molecule has 0 aliphatic rings. The minimum Gasteiger partial charge on any atom is -0.492 e. The molecule has 0 fully saturated rings. The summed E-state index contributed by atoms with van der Waals surface area (Å²) in [6, 6.07) is 13.7. The molecule has 29 heavy (non-hydrogen) atoms. The van der Waals surface area contributed by atoms with Gasteiger partial charge < -0.3 is 10.1 Å². The first-order valence-corrected chi connectivity index (χ1v) is 9.35. The fourth-order valence-corrected chi connectivity index (χ4v) is 2.62. The summed E-state index contributed by atoms with van der Waals surface area (Å²) in [5.41, 5.74) is 1.96. The van der Waals surface area contributed by atoms with Crippen molar-refractivity contribution in [1.82, 2.24) is 25.5 Å². The molecule has 3 rings (SSSR count). The van der Waals surface area contributed by atoms with E-state index in [1.807, 2.05) is 24.3 Å². The van der Waals surface area contributed by atoms with Gasteiger partial charge in [0.25, 0.3) is 0 Å². The fourth-order valence-electron chi connectivity index (χ4n) is 2.62. The highest BCUT2D eigenvalue weighted by Crippen LogP contribution is 2.24. The van der Waals surface area contributed by atoms with Crippen LogP contribution in [0.5, 0.6) is 5.75 Å². The fraction of sp³-hybridized carbons (Fsp3) is 0.333. The van der Waals surface area contributed by atoms with Crippen molar-refractivity contribution in [1.29, 1.82) is 0 Å². The number of halogens is 1. The van der Waals surface area contributed by atoms with Crippen LogP contribution >= 0.6 is 0 Å². The lowest BCUT2D eigenvalue weighted by molar-refractivity contribution is -0.122. The van der Waals surface area contributed by atoms with Crippen LogP contribution in [0.2, 0.25) is 0 Å². The molecule has 152 valence electrons. The topological polar surface area (TPSA) is 81.9 Å². The Morgan fingerprint density at radius 1 is 1.10 bits per heavy atom. The molecule has 0 bridgehead atoms. The Morgan fingerprint density at radius 2 is 1.79 bits per heavy atom. The van der Waals surface area contributed by atoms with E-state index in [-0.39, 0.29) is 23.7 Å². The third kappa shape index (κ3) is 5.84. The maximum atomic E-state index is 13.0. The second kappa shape index (κ2) is 8.81. The molecule has 0 saturated carbocycles. The van der Waals surface area contributed by atoms with E-state index in [0.29, 0.717) is 24.5 Å². The van der Waals surface area contributed by atoms with Gasteiger partial charge in [0.2, 0.25) is 11.7 Å². The lowest BCUT2D eigenvalue weighted by Crippen LogP contribution is -2.31. The predicted octanol–water partition coefficient (Wildman–Crippen LogP) is 2.97. The molecule has 0 radical (unpaired) electrons. The standard InChI is InChI=1S/C21H24FN5O2/c1-21(2,3)16-6-10-18(11-7-16)29-13-12-23-19(28)14-27-25-20(24-26-27)15-4-8-17(22)9-5-15/h4-11H,12-14H2,1-3H3,(H,23,28). The predicted molar refractivity (Wildman–Crippen MR) is 107 cm³/mol. The lowest BCUT2D eigenvalue weighted by Gasteiger charge is -2.19. The van der Waals surface area contributed by atoms with Crippen LogP contribution in [0.4, 0.5) is 4.39 Å². The Balaban J connectivity index is 1.42. The number of rotatable bonds is 7. The van der Waals surface area contributed by atoms with Crippen molar-refractivity contribution < 1.29 is 13.9 Å². The monoisotopic (exact) mass is 397 g/mol. The molecule has 1 N–H and O–H groups in total. The van der Waals surface area contributed by atoms with E-state index >= 15 is 0 Å². The summed E-state index contributed by atoms with van der Waals surface area (Å²) in [6.07, 6.45) is 0. The van der Waals surface area contributed by atoms with Crippen LogP contribution in [-0.2, 0) is 16.8 Å². The molecule has 1 heterocycles. The van der Waals surface area contributed by atoms with Crippen molar-refractivity contribution in [3.8, 4) is 17.1 Å². The summed E-state index contributed by atoms with van der Waals surface area (Å²) < 4.78 is 18.6. The smallest absolute Gasteiger partial charge is 0.243 e. The molecular formula is C21H24FN5O2. The van der Waals surface area contributed by atoms with Crippen molar-refractivity contribution in [2.24, 2.45) is 0 Å². The number of tetrazole rings is 1. The third-order valence-corrected chi connectivity index (χ3v) is 4.25. The number of hydrogen-bond acceptors (Lipinski definition) is 5. The zero-order valence-electron chi connectivity index (χ0n) is 16.7. The number of amides is 1. The van der Waals surface area contributed by atoms with Gasteiger partial charge in [-0.15, -0.1) is 10.2 Å². The molecule has 3 aromatic rings. The van der Waals surface area contributed by atoms with Crippen molar-refractivity contribution in [2.45, 2.75) is 32.7 Å². The van der Waals surface area contributed by atoms with E-state index < -0.39 is 0 Å². The molecule has 0 unspecified atom stereocenters. The summed E-state index contributed by atoms with van der Waals surface area (Å²) in [5, 5.41) is 14.6. The van der Waals surface area contributed by atoms with Crippen molar-refractivity contribution in [3.63, 3.8) is 0 Å². The van der Waals surface area contributed by atoms with Gasteiger partial charge in [-0.25, -0.2) is 4.39 Å². The summed E-state index contributed by atoms with van der Waals surface area (Å²) in [4.78, 5) is 13.2. The average Bonchev–Trinajstić information content (AvgIpc) is 3.14. The number of aromatic nitrogens is 4. The maximum Gasteiger partial charge on any atom is 0.243 e. The minimum absolute atomic E-state index is 0.0610.